The molecule has 5 nitrogen and oxygen atoms in total. The van der Waals surface area contributed by atoms with Crippen LogP contribution in [-0.4, -0.2) is 26.5 Å². The number of hydrogen-bond acceptors (Lipinski definition) is 4. The maximum absolute atomic E-state index is 13.2. The smallest absolute Gasteiger partial charge is 0.211 e. The molecule has 5 heteroatoms. The van der Waals surface area contributed by atoms with Gasteiger partial charge < -0.3 is 5.11 Å². The van der Waals surface area contributed by atoms with E-state index in [0.717, 1.165) is 30.4 Å². The van der Waals surface area contributed by atoms with E-state index in [1.54, 1.807) is 4.68 Å². The number of aromatic nitrogens is 2. The van der Waals surface area contributed by atoms with Crippen LogP contribution < -0.4 is 0 Å². The van der Waals surface area contributed by atoms with Crippen LogP contribution in [0.4, 0.5) is 0 Å². The van der Waals surface area contributed by atoms with Crippen molar-refractivity contribution in [2.45, 2.75) is 45.4 Å². The first-order chi connectivity index (χ1) is 13.2. The highest BCUT2D eigenvalue weighted by molar-refractivity contribution is 6.09. The molecule has 0 aliphatic heterocycles. The summed E-state index contributed by atoms with van der Waals surface area (Å²) in [5, 5.41) is 14.5. The molecule has 1 aromatic carbocycles. The van der Waals surface area contributed by atoms with Crippen molar-refractivity contribution in [3.05, 3.63) is 64.7 Å². The Labute approximate surface area is 165 Å². The Hall–Kier alpha value is -2.69. The fourth-order valence-corrected chi connectivity index (χ4v) is 5.56. The standard InChI is InChI=1S/C23H26N2O3/c1-22(2)17-11-10-16-18(19(27)14-8-6-5-7-9-14)25(4)24-20(16)23(17,3)12-15(13-26)21(22)28/h5-9,13,17,26H,10-12H2,1-4H3/b15-13-/t17-,23-/m0/s1. The molecule has 1 aromatic heterocycles. The molecule has 1 heterocycles. The van der Waals surface area contributed by atoms with Crippen LogP contribution in [0, 0.1) is 11.3 Å². The first-order valence-electron chi connectivity index (χ1n) is 9.76. The van der Waals surface area contributed by atoms with Gasteiger partial charge in [-0.1, -0.05) is 51.1 Å². The molecule has 0 bridgehead atoms. The Bertz CT molecular complexity index is 1000. The maximum atomic E-state index is 13.2. The van der Waals surface area contributed by atoms with Crippen LogP contribution >= 0.6 is 0 Å². The fourth-order valence-electron chi connectivity index (χ4n) is 5.56. The van der Waals surface area contributed by atoms with Crippen molar-refractivity contribution in [3.63, 3.8) is 0 Å². The van der Waals surface area contributed by atoms with E-state index in [1.165, 1.54) is 0 Å². The predicted octanol–water partition coefficient (Wildman–Crippen LogP) is 3.91. The Morgan fingerprint density at radius 1 is 1.25 bits per heavy atom. The minimum atomic E-state index is -0.583. The van der Waals surface area contributed by atoms with E-state index in [2.05, 4.69) is 6.92 Å². The number of rotatable bonds is 2. The van der Waals surface area contributed by atoms with Crippen molar-refractivity contribution in [2.75, 3.05) is 0 Å². The summed E-state index contributed by atoms with van der Waals surface area (Å²) in [6.07, 6.45) is 2.95. The van der Waals surface area contributed by atoms with Gasteiger partial charge in [0.25, 0.3) is 0 Å². The second-order valence-corrected chi connectivity index (χ2v) is 8.89. The lowest BCUT2D eigenvalue weighted by Gasteiger charge is -2.52. The third-order valence-corrected chi connectivity index (χ3v) is 6.85. The number of nitrogens with zero attached hydrogens (tertiary/aromatic N) is 2. The number of aliphatic hydroxyl groups is 1. The van der Waals surface area contributed by atoms with E-state index < -0.39 is 10.8 Å². The Balaban J connectivity index is 1.86. The lowest BCUT2D eigenvalue weighted by molar-refractivity contribution is -0.131. The van der Waals surface area contributed by atoms with Gasteiger partial charge in [-0.2, -0.15) is 5.10 Å². The quantitative estimate of drug-likeness (QED) is 0.488. The second kappa shape index (κ2) is 6.16. The number of ketones is 2. The number of aliphatic hydroxyl groups excluding tert-OH is 1. The molecule has 0 saturated heterocycles. The number of fused-ring (bicyclic) bond motifs is 3. The molecule has 2 aliphatic carbocycles. The van der Waals surface area contributed by atoms with Crippen molar-refractivity contribution in [3.8, 4) is 0 Å². The summed E-state index contributed by atoms with van der Waals surface area (Å²) in [6.45, 7) is 6.05. The van der Waals surface area contributed by atoms with Crippen LogP contribution in [0.5, 0.6) is 0 Å². The number of carbonyl (C=O) groups is 2. The molecular weight excluding hydrogens is 352 g/mol. The average molecular weight is 378 g/mol. The molecule has 2 aromatic rings. The Morgan fingerprint density at radius 2 is 1.93 bits per heavy atom. The molecule has 1 saturated carbocycles. The topological polar surface area (TPSA) is 72.2 Å². The van der Waals surface area contributed by atoms with Gasteiger partial charge in [-0.05, 0) is 25.2 Å². The molecule has 0 amide bonds. The molecule has 1 N–H and O–H groups in total. The molecule has 2 atom stereocenters. The van der Waals surface area contributed by atoms with Gasteiger partial charge in [-0.15, -0.1) is 0 Å². The molecular formula is C23H26N2O3. The van der Waals surface area contributed by atoms with E-state index in [1.807, 2.05) is 51.2 Å². The monoisotopic (exact) mass is 378 g/mol. The highest BCUT2D eigenvalue weighted by Gasteiger charge is 2.57. The second-order valence-electron chi connectivity index (χ2n) is 8.89. The molecule has 0 unspecified atom stereocenters. The predicted molar refractivity (Wildman–Crippen MR) is 106 cm³/mol. The molecule has 146 valence electrons. The van der Waals surface area contributed by atoms with Crippen LogP contribution in [-0.2, 0) is 23.7 Å². The summed E-state index contributed by atoms with van der Waals surface area (Å²) in [4.78, 5) is 26.0. The van der Waals surface area contributed by atoms with Gasteiger partial charge in [0.15, 0.2) is 5.78 Å². The van der Waals surface area contributed by atoms with E-state index >= 15 is 0 Å². The van der Waals surface area contributed by atoms with Crippen molar-refractivity contribution in [2.24, 2.45) is 18.4 Å². The number of carbonyl (C=O) groups excluding carboxylic acids is 2. The largest absolute Gasteiger partial charge is 0.515 e. The third kappa shape index (κ3) is 2.42. The van der Waals surface area contributed by atoms with E-state index in [0.29, 0.717) is 23.3 Å². The number of Topliss-reactive ketones (excluding diaryl/α,β-unsaturated/α-hetero) is 1. The maximum Gasteiger partial charge on any atom is 0.211 e. The summed E-state index contributed by atoms with van der Waals surface area (Å²) < 4.78 is 1.69. The number of benzene rings is 1. The SMILES string of the molecule is Cn1nc2c(c1C(=O)c1ccccc1)CC[C@H]1C(C)(C)C(=O)/C(=C\O)C[C@]21C. The highest BCUT2D eigenvalue weighted by Crippen LogP contribution is 2.57. The summed E-state index contributed by atoms with van der Waals surface area (Å²) >= 11 is 0. The van der Waals surface area contributed by atoms with Crippen LogP contribution in [0.2, 0.25) is 0 Å². The summed E-state index contributed by atoms with van der Waals surface area (Å²) in [5.74, 6) is 0.0960. The zero-order valence-electron chi connectivity index (χ0n) is 16.8. The normalized spacial score (nSPS) is 27.4. The zero-order valence-corrected chi connectivity index (χ0v) is 16.8. The third-order valence-electron chi connectivity index (χ3n) is 6.85. The van der Waals surface area contributed by atoms with Gasteiger partial charge >= 0.3 is 0 Å². The van der Waals surface area contributed by atoms with Crippen LogP contribution in [0.3, 0.4) is 0 Å². The lowest BCUT2D eigenvalue weighted by Crippen LogP contribution is -2.53. The van der Waals surface area contributed by atoms with Crippen molar-refractivity contribution < 1.29 is 14.7 Å². The minimum absolute atomic E-state index is 0.0115. The van der Waals surface area contributed by atoms with Crippen molar-refractivity contribution in [1.82, 2.24) is 9.78 Å². The van der Waals surface area contributed by atoms with Crippen LogP contribution in [0.1, 0.15) is 60.9 Å². The molecule has 0 radical (unpaired) electrons. The molecule has 28 heavy (non-hydrogen) atoms. The minimum Gasteiger partial charge on any atom is -0.515 e. The van der Waals surface area contributed by atoms with Crippen molar-refractivity contribution >= 4 is 11.6 Å². The van der Waals surface area contributed by atoms with E-state index in [4.69, 9.17) is 5.10 Å². The van der Waals surface area contributed by atoms with Gasteiger partial charge in [0, 0.05) is 34.6 Å². The van der Waals surface area contributed by atoms with Crippen LogP contribution in [0.15, 0.2) is 42.2 Å². The van der Waals surface area contributed by atoms with Gasteiger partial charge in [-0.25, -0.2) is 0 Å². The number of allylic oxidation sites excluding steroid dienone is 1. The van der Waals surface area contributed by atoms with E-state index in [-0.39, 0.29) is 17.5 Å². The molecule has 4 rings (SSSR count). The lowest BCUT2D eigenvalue weighted by atomic mass is 9.50. The Morgan fingerprint density at radius 3 is 2.57 bits per heavy atom. The van der Waals surface area contributed by atoms with Gasteiger partial charge in [0.2, 0.25) is 5.78 Å². The average Bonchev–Trinajstić information content (AvgIpc) is 3.02. The number of aryl methyl sites for hydroxylation is 1. The summed E-state index contributed by atoms with van der Waals surface area (Å²) in [7, 11) is 1.81. The summed E-state index contributed by atoms with van der Waals surface area (Å²) in [6, 6.07) is 9.26. The Kier molecular flexibility index (Phi) is 4.11. The highest BCUT2D eigenvalue weighted by atomic mass is 16.2. The molecule has 0 spiro atoms. The summed E-state index contributed by atoms with van der Waals surface area (Å²) in [5.41, 5.74) is 2.62. The van der Waals surface area contributed by atoms with E-state index in [9.17, 15) is 14.7 Å². The molecule has 1 fully saturated rings. The first-order valence-corrected chi connectivity index (χ1v) is 9.76. The van der Waals surface area contributed by atoms with Gasteiger partial charge in [0.1, 0.15) is 5.69 Å². The van der Waals surface area contributed by atoms with Crippen molar-refractivity contribution in [1.29, 1.82) is 0 Å². The first kappa shape index (κ1) is 18.7. The fraction of sp³-hybridized carbons (Fsp3) is 0.435. The molecule has 2 aliphatic rings. The zero-order chi connectivity index (χ0) is 20.3. The van der Waals surface area contributed by atoms with Gasteiger partial charge in [-0.3, -0.25) is 14.3 Å². The van der Waals surface area contributed by atoms with Gasteiger partial charge in [0.05, 0.1) is 12.0 Å². The number of hydrogen-bond donors (Lipinski definition) is 1. The van der Waals surface area contributed by atoms with Crippen LogP contribution in [0.25, 0.3) is 0 Å².